The number of carbonyl (C=O) groups is 1. The number of carbonyl (C=O) groups excluding carboxylic acids is 1. The second kappa shape index (κ2) is 12.1. The molecule has 4 aromatic rings. The number of Topliss-reactive ketones (excluding diaryl/α,β-unsaturated/α-hetero) is 1. The van der Waals surface area contributed by atoms with Crippen molar-refractivity contribution in [2.75, 3.05) is 6.54 Å². The second-order valence-electron chi connectivity index (χ2n) is 9.00. The Bertz CT molecular complexity index is 1270. The van der Waals surface area contributed by atoms with Crippen LogP contribution in [0.2, 0.25) is 0 Å². The Hall–Kier alpha value is -4.05. The van der Waals surface area contributed by atoms with Gasteiger partial charge in [0.05, 0.1) is 12.3 Å². The van der Waals surface area contributed by atoms with Gasteiger partial charge in [0.2, 0.25) is 0 Å². The lowest BCUT2D eigenvalue weighted by Gasteiger charge is -2.14. The first-order chi connectivity index (χ1) is 17.5. The largest absolute Gasteiger partial charge is 0.489 e. The Balaban J connectivity index is 1.39. The molecule has 0 fully saturated rings. The Kier molecular flexibility index (Phi) is 8.40. The first-order valence-electron chi connectivity index (χ1n) is 12.1. The van der Waals surface area contributed by atoms with E-state index in [4.69, 9.17) is 4.74 Å². The van der Waals surface area contributed by atoms with E-state index in [1.165, 1.54) is 11.6 Å². The fraction of sp³-hybridized carbons (Fsp3) is 0.188. The van der Waals surface area contributed by atoms with Crippen LogP contribution < -0.4 is 4.74 Å². The predicted octanol–water partition coefficient (Wildman–Crippen LogP) is 7.31. The minimum Gasteiger partial charge on any atom is -0.489 e. The monoisotopic (exact) mass is 479 g/mol. The predicted molar refractivity (Wildman–Crippen MR) is 143 cm³/mol. The summed E-state index contributed by atoms with van der Waals surface area (Å²) in [4.78, 5) is 17.5. The minimum absolute atomic E-state index is 0.0361. The van der Waals surface area contributed by atoms with Crippen molar-refractivity contribution in [1.29, 1.82) is 0 Å². The Labute approximate surface area is 212 Å². The summed E-state index contributed by atoms with van der Waals surface area (Å²) in [5, 5.41) is 0. The average Bonchev–Trinajstić information content (AvgIpc) is 2.89. The smallest absolute Gasteiger partial charge is 0.154 e. The zero-order valence-electron chi connectivity index (χ0n) is 20.7. The molecule has 0 saturated carbocycles. The molecule has 3 nitrogen and oxygen atoms in total. The molecule has 1 unspecified atom stereocenters. The highest BCUT2D eigenvalue weighted by Gasteiger charge is 2.16. The van der Waals surface area contributed by atoms with Crippen molar-refractivity contribution in [2.45, 2.75) is 32.8 Å². The fourth-order valence-corrected chi connectivity index (χ4v) is 4.07. The summed E-state index contributed by atoms with van der Waals surface area (Å²) in [5.74, 6) is -0.202. The van der Waals surface area contributed by atoms with Gasteiger partial charge in [0.15, 0.2) is 5.78 Å². The Morgan fingerprint density at radius 1 is 0.861 bits per heavy atom. The summed E-state index contributed by atoms with van der Waals surface area (Å²) >= 11 is 0. The highest BCUT2D eigenvalue weighted by atomic mass is 19.1. The van der Waals surface area contributed by atoms with Crippen molar-refractivity contribution in [2.24, 2.45) is 4.99 Å². The number of benzene rings is 4. The quantitative estimate of drug-likeness (QED) is 0.224. The molecule has 0 radical (unpaired) electrons. The summed E-state index contributed by atoms with van der Waals surface area (Å²) in [5.41, 5.74) is 5.39. The van der Waals surface area contributed by atoms with Crippen molar-refractivity contribution in [3.8, 4) is 5.75 Å². The molecular weight excluding hydrogens is 449 g/mol. The van der Waals surface area contributed by atoms with E-state index >= 15 is 0 Å². The molecule has 0 N–H and O–H groups in total. The second-order valence-corrected chi connectivity index (χ2v) is 9.00. The molecule has 0 bridgehead atoms. The van der Waals surface area contributed by atoms with Crippen LogP contribution in [-0.4, -0.2) is 18.0 Å². The maximum atomic E-state index is 14.9. The molecule has 4 heteroatoms. The molecule has 0 saturated heterocycles. The molecule has 4 aromatic carbocycles. The van der Waals surface area contributed by atoms with Crippen LogP contribution in [-0.2, 0) is 11.4 Å². The zero-order chi connectivity index (χ0) is 25.3. The third kappa shape index (κ3) is 6.76. The number of aliphatic imine (C=N–C) groups is 1. The lowest BCUT2D eigenvalue weighted by Crippen LogP contribution is -2.12. The number of hydrogen-bond donors (Lipinski definition) is 0. The van der Waals surface area contributed by atoms with E-state index in [1.807, 2.05) is 98.8 Å². The van der Waals surface area contributed by atoms with Crippen LogP contribution in [0.25, 0.3) is 0 Å². The highest BCUT2D eigenvalue weighted by Crippen LogP contribution is 2.26. The molecule has 0 aliphatic carbocycles. The molecule has 1 atom stereocenters. The van der Waals surface area contributed by atoms with Crippen molar-refractivity contribution in [3.05, 3.63) is 137 Å². The van der Waals surface area contributed by atoms with Crippen LogP contribution in [0.3, 0.4) is 0 Å². The van der Waals surface area contributed by atoms with E-state index in [-0.39, 0.29) is 30.5 Å². The number of aryl methyl sites for hydroxylation is 1. The first kappa shape index (κ1) is 25.1. The van der Waals surface area contributed by atoms with Gasteiger partial charge < -0.3 is 4.74 Å². The van der Waals surface area contributed by atoms with Gasteiger partial charge in [0.25, 0.3) is 0 Å². The van der Waals surface area contributed by atoms with Crippen molar-refractivity contribution in [3.63, 3.8) is 0 Å². The third-order valence-corrected chi connectivity index (χ3v) is 6.07. The molecule has 4 rings (SSSR count). The molecule has 0 spiro atoms. The van der Waals surface area contributed by atoms with Gasteiger partial charge in [-0.15, -0.1) is 0 Å². The molecule has 0 heterocycles. The fourth-order valence-electron chi connectivity index (χ4n) is 4.07. The number of ketones is 1. The highest BCUT2D eigenvalue weighted by molar-refractivity contribution is 6.13. The summed E-state index contributed by atoms with van der Waals surface area (Å²) in [6.45, 7) is 4.31. The Morgan fingerprint density at radius 2 is 1.47 bits per heavy atom. The van der Waals surface area contributed by atoms with Crippen molar-refractivity contribution in [1.82, 2.24) is 0 Å². The minimum atomic E-state index is -0.366. The van der Waals surface area contributed by atoms with Gasteiger partial charge in [-0.2, -0.15) is 0 Å². The topological polar surface area (TPSA) is 38.7 Å². The standard InChI is InChI=1S/C32H30FNO2/c1-23-13-15-25(16-14-23)22-36-29-17-18-30(31(33)20-29)24(2)19-28(35)21-34-32(26-9-5-3-6-10-26)27-11-7-4-8-12-27/h3-18,20,24H,19,21-22H2,1-2H3. The van der Waals surface area contributed by atoms with Gasteiger partial charge in [-0.3, -0.25) is 9.79 Å². The van der Waals surface area contributed by atoms with Crippen LogP contribution in [0.15, 0.2) is 108 Å². The van der Waals surface area contributed by atoms with Gasteiger partial charge in [0.1, 0.15) is 18.2 Å². The summed E-state index contributed by atoms with van der Waals surface area (Å²) in [7, 11) is 0. The molecule has 0 amide bonds. The van der Waals surface area contributed by atoms with E-state index < -0.39 is 0 Å². The number of rotatable bonds is 10. The first-order valence-corrected chi connectivity index (χ1v) is 12.1. The maximum Gasteiger partial charge on any atom is 0.154 e. The van der Waals surface area contributed by atoms with E-state index in [0.717, 1.165) is 22.4 Å². The Morgan fingerprint density at radius 3 is 2.06 bits per heavy atom. The number of halogens is 1. The molecule has 182 valence electrons. The van der Waals surface area contributed by atoms with Crippen LogP contribution in [0.5, 0.6) is 5.75 Å². The molecular formula is C32H30FNO2. The lowest BCUT2D eigenvalue weighted by atomic mass is 9.95. The van der Waals surface area contributed by atoms with E-state index in [0.29, 0.717) is 17.9 Å². The summed E-state index contributed by atoms with van der Waals surface area (Å²) in [6.07, 6.45) is 0.209. The molecule has 0 aromatic heterocycles. The van der Waals surface area contributed by atoms with Gasteiger partial charge >= 0.3 is 0 Å². The summed E-state index contributed by atoms with van der Waals surface area (Å²) in [6, 6.07) is 32.5. The van der Waals surface area contributed by atoms with Crippen molar-refractivity contribution < 1.29 is 13.9 Å². The van der Waals surface area contributed by atoms with Gasteiger partial charge in [0, 0.05) is 23.6 Å². The van der Waals surface area contributed by atoms with Gasteiger partial charge in [-0.25, -0.2) is 4.39 Å². The average molecular weight is 480 g/mol. The van der Waals surface area contributed by atoms with Crippen LogP contribution in [0.4, 0.5) is 4.39 Å². The molecule has 0 aliphatic heterocycles. The number of nitrogens with zero attached hydrogens (tertiary/aromatic N) is 1. The van der Waals surface area contributed by atoms with Crippen LogP contribution in [0, 0.1) is 12.7 Å². The number of hydrogen-bond acceptors (Lipinski definition) is 3. The van der Waals surface area contributed by atoms with Crippen LogP contribution in [0.1, 0.15) is 47.1 Å². The lowest BCUT2D eigenvalue weighted by molar-refractivity contribution is -0.118. The molecule has 0 aliphatic rings. The van der Waals surface area contributed by atoms with E-state index in [1.54, 1.807) is 12.1 Å². The van der Waals surface area contributed by atoms with E-state index in [9.17, 15) is 9.18 Å². The number of ether oxygens (including phenoxy) is 1. The zero-order valence-corrected chi connectivity index (χ0v) is 20.7. The normalized spacial score (nSPS) is 11.5. The van der Waals surface area contributed by atoms with Gasteiger partial charge in [-0.05, 0) is 30.0 Å². The van der Waals surface area contributed by atoms with Crippen LogP contribution >= 0.6 is 0 Å². The van der Waals surface area contributed by atoms with E-state index in [2.05, 4.69) is 4.99 Å². The van der Waals surface area contributed by atoms with Crippen molar-refractivity contribution >= 4 is 11.5 Å². The maximum absolute atomic E-state index is 14.9. The SMILES string of the molecule is Cc1ccc(COc2ccc(C(C)CC(=O)CN=C(c3ccccc3)c3ccccc3)c(F)c2)cc1. The summed E-state index contributed by atoms with van der Waals surface area (Å²) < 4.78 is 20.6. The third-order valence-electron chi connectivity index (χ3n) is 6.07. The molecule has 36 heavy (non-hydrogen) atoms. The van der Waals surface area contributed by atoms with Gasteiger partial charge in [-0.1, -0.05) is 103 Å².